The second-order valence-electron chi connectivity index (χ2n) is 7.03. The lowest BCUT2D eigenvalue weighted by molar-refractivity contribution is 0.108. The van der Waals surface area contributed by atoms with Crippen molar-refractivity contribution in [3.05, 3.63) is 0 Å². The molecule has 94 valence electrons. The van der Waals surface area contributed by atoms with Crippen molar-refractivity contribution in [3.63, 3.8) is 0 Å². The van der Waals surface area contributed by atoms with Crippen molar-refractivity contribution >= 4 is 0 Å². The van der Waals surface area contributed by atoms with Gasteiger partial charge in [-0.3, -0.25) is 0 Å². The van der Waals surface area contributed by atoms with Gasteiger partial charge in [0.1, 0.15) is 0 Å². The Morgan fingerprint density at radius 1 is 1.06 bits per heavy atom. The van der Waals surface area contributed by atoms with Gasteiger partial charge in [-0.1, -0.05) is 27.2 Å². The van der Waals surface area contributed by atoms with Crippen LogP contribution in [0, 0.1) is 10.8 Å². The molecule has 0 radical (unpaired) electrons. The van der Waals surface area contributed by atoms with Crippen LogP contribution in [0.15, 0.2) is 0 Å². The Morgan fingerprint density at radius 2 is 1.69 bits per heavy atom. The van der Waals surface area contributed by atoms with E-state index in [9.17, 15) is 0 Å². The van der Waals surface area contributed by atoms with Gasteiger partial charge in [0.2, 0.25) is 0 Å². The van der Waals surface area contributed by atoms with Crippen molar-refractivity contribution in [1.29, 1.82) is 0 Å². The van der Waals surface area contributed by atoms with E-state index in [1.54, 1.807) is 0 Å². The predicted octanol–water partition coefficient (Wildman–Crippen LogP) is 4.13. The fourth-order valence-electron chi connectivity index (χ4n) is 3.30. The van der Waals surface area contributed by atoms with Crippen LogP contribution in [0.1, 0.15) is 72.1 Å². The first-order chi connectivity index (χ1) is 7.55. The highest BCUT2D eigenvalue weighted by Crippen LogP contribution is 2.43. The van der Waals surface area contributed by atoms with Crippen molar-refractivity contribution < 1.29 is 0 Å². The first kappa shape index (κ1) is 12.4. The zero-order valence-corrected chi connectivity index (χ0v) is 11.4. The molecule has 0 atom stereocenters. The molecule has 0 saturated heterocycles. The van der Waals surface area contributed by atoms with E-state index in [-0.39, 0.29) is 0 Å². The van der Waals surface area contributed by atoms with E-state index in [1.165, 1.54) is 57.9 Å². The molecular formula is C15H29N. The second kappa shape index (κ2) is 4.68. The summed E-state index contributed by atoms with van der Waals surface area (Å²) >= 11 is 0. The third-order valence-electron chi connectivity index (χ3n) is 5.27. The Labute approximate surface area is 101 Å². The van der Waals surface area contributed by atoms with Gasteiger partial charge < -0.3 is 5.32 Å². The zero-order valence-electron chi connectivity index (χ0n) is 11.4. The van der Waals surface area contributed by atoms with E-state index in [1.807, 2.05) is 0 Å². The van der Waals surface area contributed by atoms with E-state index >= 15 is 0 Å². The molecular weight excluding hydrogens is 194 g/mol. The third kappa shape index (κ3) is 2.80. The summed E-state index contributed by atoms with van der Waals surface area (Å²) in [6.07, 6.45) is 11.4. The van der Waals surface area contributed by atoms with E-state index < -0.39 is 0 Å². The first-order valence-electron chi connectivity index (χ1n) is 7.29. The first-order valence-corrected chi connectivity index (χ1v) is 7.29. The molecule has 2 aliphatic rings. The molecule has 0 bridgehead atoms. The molecule has 16 heavy (non-hydrogen) atoms. The third-order valence-corrected chi connectivity index (χ3v) is 5.27. The summed E-state index contributed by atoms with van der Waals surface area (Å²) < 4.78 is 0. The summed E-state index contributed by atoms with van der Waals surface area (Å²) in [5, 5.41) is 3.85. The average Bonchev–Trinajstić information content (AvgIpc) is 2.19. The minimum atomic E-state index is 0.608. The molecule has 0 aromatic carbocycles. The van der Waals surface area contributed by atoms with Gasteiger partial charge in [-0.15, -0.1) is 0 Å². The van der Waals surface area contributed by atoms with E-state index in [0.717, 1.165) is 6.04 Å². The van der Waals surface area contributed by atoms with E-state index in [4.69, 9.17) is 0 Å². The van der Waals surface area contributed by atoms with Gasteiger partial charge in [-0.2, -0.15) is 0 Å². The van der Waals surface area contributed by atoms with Crippen molar-refractivity contribution in [2.75, 3.05) is 6.54 Å². The Bertz CT molecular complexity index is 212. The molecule has 0 aromatic heterocycles. The van der Waals surface area contributed by atoms with Crippen LogP contribution in [0.3, 0.4) is 0 Å². The van der Waals surface area contributed by atoms with Crippen LogP contribution in [-0.2, 0) is 0 Å². The van der Waals surface area contributed by atoms with Gasteiger partial charge in [0.15, 0.2) is 0 Å². The lowest BCUT2D eigenvalue weighted by atomic mass is 9.66. The largest absolute Gasteiger partial charge is 0.313 e. The Kier molecular flexibility index (Phi) is 3.63. The maximum absolute atomic E-state index is 3.85. The van der Waals surface area contributed by atoms with Gasteiger partial charge >= 0.3 is 0 Å². The smallest absolute Gasteiger partial charge is 0.00676 e. The normalized spacial score (nSPS) is 28.7. The number of hydrogen-bond acceptors (Lipinski definition) is 1. The highest BCUT2D eigenvalue weighted by molar-refractivity contribution is 4.90. The van der Waals surface area contributed by atoms with Crippen LogP contribution in [-0.4, -0.2) is 12.6 Å². The minimum absolute atomic E-state index is 0.608. The van der Waals surface area contributed by atoms with Crippen LogP contribution < -0.4 is 5.32 Å². The monoisotopic (exact) mass is 223 g/mol. The quantitative estimate of drug-likeness (QED) is 0.756. The average molecular weight is 223 g/mol. The van der Waals surface area contributed by atoms with Crippen LogP contribution in [0.5, 0.6) is 0 Å². The summed E-state index contributed by atoms with van der Waals surface area (Å²) in [4.78, 5) is 0. The van der Waals surface area contributed by atoms with Gasteiger partial charge in [-0.25, -0.2) is 0 Å². The number of hydrogen-bond donors (Lipinski definition) is 1. The molecule has 2 saturated carbocycles. The van der Waals surface area contributed by atoms with Gasteiger partial charge in [-0.05, 0) is 55.8 Å². The van der Waals surface area contributed by atoms with Crippen molar-refractivity contribution in [1.82, 2.24) is 5.32 Å². The molecule has 1 nitrogen and oxygen atoms in total. The standard InChI is InChI=1S/C15H29N/c1-4-15(8-5-9-15)12-16-13-6-10-14(2,3)11-7-13/h13,16H,4-12H2,1-3H3. The molecule has 1 heteroatoms. The van der Waals surface area contributed by atoms with Crippen LogP contribution in [0.25, 0.3) is 0 Å². The molecule has 0 aromatic rings. The molecule has 2 aliphatic carbocycles. The van der Waals surface area contributed by atoms with Gasteiger partial charge in [0, 0.05) is 12.6 Å². The molecule has 0 heterocycles. The van der Waals surface area contributed by atoms with Crippen LogP contribution in [0.2, 0.25) is 0 Å². The lowest BCUT2D eigenvalue weighted by Gasteiger charge is -2.43. The lowest BCUT2D eigenvalue weighted by Crippen LogP contribution is -2.45. The Hall–Kier alpha value is -0.0400. The predicted molar refractivity (Wildman–Crippen MR) is 70.6 cm³/mol. The summed E-state index contributed by atoms with van der Waals surface area (Å²) in [5.41, 5.74) is 1.30. The second-order valence-corrected chi connectivity index (χ2v) is 7.03. The van der Waals surface area contributed by atoms with Crippen LogP contribution in [0.4, 0.5) is 0 Å². The fraction of sp³-hybridized carbons (Fsp3) is 1.00. The maximum atomic E-state index is 3.85. The summed E-state index contributed by atoms with van der Waals surface area (Å²) in [6, 6.07) is 0.817. The highest BCUT2D eigenvalue weighted by Gasteiger charge is 2.35. The topological polar surface area (TPSA) is 12.0 Å². The van der Waals surface area contributed by atoms with Crippen LogP contribution >= 0.6 is 0 Å². The van der Waals surface area contributed by atoms with E-state index in [2.05, 4.69) is 26.1 Å². The number of rotatable bonds is 4. The summed E-state index contributed by atoms with van der Waals surface area (Å²) in [6.45, 7) is 8.49. The molecule has 0 spiro atoms. The molecule has 2 rings (SSSR count). The van der Waals surface area contributed by atoms with Gasteiger partial charge in [0.05, 0.1) is 0 Å². The zero-order chi connectivity index (χ0) is 11.6. The highest BCUT2D eigenvalue weighted by atomic mass is 14.9. The SMILES string of the molecule is CCC1(CNC2CCC(C)(C)CC2)CCC1. The molecule has 0 amide bonds. The molecule has 0 unspecified atom stereocenters. The Balaban J connectivity index is 1.71. The van der Waals surface area contributed by atoms with Crippen molar-refractivity contribution in [2.45, 2.75) is 78.2 Å². The summed E-state index contributed by atoms with van der Waals surface area (Å²) in [7, 11) is 0. The summed E-state index contributed by atoms with van der Waals surface area (Å²) in [5.74, 6) is 0. The number of nitrogens with one attached hydrogen (secondary N) is 1. The van der Waals surface area contributed by atoms with Crippen molar-refractivity contribution in [3.8, 4) is 0 Å². The molecule has 1 N–H and O–H groups in total. The molecule has 0 aliphatic heterocycles. The van der Waals surface area contributed by atoms with Crippen molar-refractivity contribution in [2.24, 2.45) is 10.8 Å². The molecule has 2 fully saturated rings. The van der Waals surface area contributed by atoms with Gasteiger partial charge in [0.25, 0.3) is 0 Å². The Morgan fingerprint density at radius 3 is 2.12 bits per heavy atom. The fourth-order valence-corrected chi connectivity index (χ4v) is 3.30. The minimum Gasteiger partial charge on any atom is -0.313 e. The maximum Gasteiger partial charge on any atom is 0.00676 e. The van der Waals surface area contributed by atoms with E-state index in [0.29, 0.717) is 10.8 Å².